The molecule has 1 fully saturated rings. The Morgan fingerprint density at radius 2 is 1.84 bits per heavy atom. The van der Waals surface area contributed by atoms with E-state index in [9.17, 15) is 18.4 Å². The van der Waals surface area contributed by atoms with Crippen LogP contribution in [0.1, 0.15) is 41.7 Å². The number of likely N-dealkylation sites (tertiary alicyclic amines) is 1. The SMILES string of the molecule is C[C@H](NC(=O)[C@H]1CCC(F)(F)CN1CCOc1ccccc1)c1ccc(C(=O)O)cc1.Cl. The van der Waals surface area contributed by atoms with Gasteiger partial charge in [0, 0.05) is 13.0 Å². The van der Waals surface area contributed by atoms with Gasteiger partial charge in [-0.15, -0.1) is 12.4 Å². The predicted molar refractivity (Wildman–Crippen MR) is 119 cm³/mol. The smallest absolute Gasteiger partial charge is 0.335 e. The number of alkyl halides is 2. The number of rotatable bonds is 8. The fraction of sp³-hybridized carbons (Fsp3) is 0.391. The molecule has 32 heavy (non-hydrogen) atoms. The molecule has 0 aliphatic carbocycles. The first-order valence-corrected chi connectivity index (χ1v) is 10.2. The predicted octanol–water partition coefficient (Wildman–Crippen LogP) is 4.16. The minimum atomic E-state index is -2.85. The summed E-state index contributed by atoms with van der Waals surface area (Å²) in [5.41, 5.74) is 0.889. The van der Waals surface area contributed by atoms with E-state index in [0.29, 0.717) is 5.75 Å². The molecule has 6 nitrogen and oxygen atoms in total. The standard InChI is InChI=1S/C23H26F2N2O4.ClH/c1-16(17-7-9-18(10-8-17)22(29)30)26-21(28)20-11-12-23(24,25)15-27(20)13-14-31-19-5-3-2-4-6-19;/h2-10,16,20H,11-15H2,1H3,(H,26,28)(H,29,30);1H/t16-,20+;/m0./s1. The highest BCUT2D eigenvalue weighted by molar-refractivity contribution is 5.87. The number of carboxylic acid groups (broad SMARTS) is 1. The first-order valence-electron chi connectivity index (χ1n) is 10.2. The summed E-state index contributed by atoms with van der Waals surface area (Å²) in [6, 6.07) is 14.2. The maximum absolute atomic E-state index is 14.0. The molecule has 2 aromatic carbocycles. The molecule has 0 bridgehead atoms. The normalized spacial score (nSPS) is 18.8. The summed E-state index contributed by atoms with van der Waals surface area (Å²) in [4.78, 5) is 25.3. The second-order valence-electron chi connectivity index (χ2n) is 7.70. The maximum Gasteiger partial charge on any atom is 0.335 e. The number of nitrogens with one attached hydrogen (secondary N) is 1. The molecule has 2 N–H and O–H groups in total. The number of benzene rings is 2. The van der Waals surface area contributed by atoms with Crippen LogP contribution in [-0.4, -0.2) is 53.5 Å². The van der Waals surface area contributed by atoms with E-state index in [4.69, 9.17) is 9.84 Å². The Balaban J connectivity index is 0.00000363. The molecule has 0 unspecified atom stereocenters. The van der Waals surface area contributed by atoms with Gasteiger partial charge in [-0.2, -0.15) is 0 Å². The third-order valence-corrected chi connectivity index (χ3v) is 5.37. The molecule has 2 aromatic rings. The summed E-state index contributed by atoms with van der Waals surface area (Å²) in [6.07, 6.45) is -0.294. The number of nitrogens with zero attached hydrogens (tertiary/aromatic N) is 1. The van der Waals surface area contributed by atoms with Crippen molar-refractivity contribution in [2.45, 2.75) is 37.8 Å². The highest BCUT2D eigenvalue weighted by Gasteiger charge is 2.42. The van der Waals surface area contributed by atoms with Crippen LogP contribution in [0, 0.1) is 0 Å². The van der Waals surface area contributed by atoms with E-state index in [1.807, 2.05) is 18.2 Å². The fourth-order valence-electron chi connectivity index (χ4n) is 3.65. The Kier molecular flexibility index (Phi) is 8.98. The maximum atomic E-state index is 14.0. The van der Waals surface area contributed by atoms with Crippen LogP contribution in [0.4, 0.5) is 8.78 Å². The summed E-state index contributed by atoms with van der Waals surface area (Å²) in [6.45, 7) is 1.67. The summed E-state index contributed by atoms with van der Waals surface area (Å²) < 4.78 is 33.6. The zero-order valence-electron chi connectivity index (χ0n) is 17.7. The minimum absolute atomic E-state index is 0. The third kappa shape index (κ3) is 6.90. The zero-order valence-corrected chi connectivity index (χ0v) is 18.5. The molecule has 1 saturated heterocycles. The molecule has 9 heteroatoms. The van der Waals surface area contributed by atoms with Crippen molar-refractivity contribution in [3.8, 4) is 5.75 Å². The highest BCUT2D eigenvalue weighted by atomic mass is 35.5. The van der Waals surface area contributed by atoms with Gasteiger partial charge in [0.15, 0.2) is 0 Å². The van der Waals surface area contributed by atoms with Gasteiger partial charge in [-0.1, -0.05) is 30.3 Å². The molecule has 0 radical (unpaired) electrons. The monoisotopic (exact) mass is 468 g/mol. The van der Waals surface area contributed by atoms with Crippen molar-refractivity contribution in [2.75, 3.05) is 19.7 Å². The summed E-state index contributed by atoms with van der Waals surface area (Å²) in [5.74, 6) is -3.56. The molecule has 1 aliphatic rings. The van der Waals surface area contributed by atoms with Crippen molar-refractivity contribution in [3.63, 3.8) is 0 Å². The lowest BCUT2D eigenvalue weighted by molar-refractivity contribution is -0.136. The Labute approximate surface area is 192 Å². The number of halogens is 3. The van der Waals surface area contributed by atoms with E-state index in [0.717, 1.165) is 5.56 Å². The molecular formula is C23H27ClF2N2O4. The number of amides is 1. The van der Waals surface area contributed by atoms with Crippen LogP contribution >= 0.6 is 12.4 Å². The van der Waals surface area contributed by atoms with Crippen LogP contribution < -0.4 is 10.1 Å². The first kappa shape index (κ1) is 25.5. The van der Waals surface area contributed by atoms with Crippen LogP contribution in [0.2, 0.25) is 0 Å². The molecular weight excluding hydrogens is 442 g/mol. The third-order valence-electron chi connectivity index (χ3n) is 5.37. The average molecular weight is 469 g/mol. The Hall–Kier alpha value is -2.71. The number of ether oxygens (including phenoxy) is 1. The minimum Gasteiger partial charge on any atom is -0.492 e. The van der Waals surface area contributed by atoms with Crippen LogP contribution in [0.5, 0.6) is 5.75 Å². The zero-order chi connectivity index (χ0) is 22.4. The van der Waals surface area contributed by atoms with Crippen LogP contribution in [0.3, 0.4) is 0 Å². The van der Waals surface area contributed by atoms with Crippen LogP contribution in [0.15, 0.2) is 54.6 Å². The number of carboxylic acids is 1. The summed E-state index contributed by atoms with van der Waals surface area (Å²) >= 11 is 0. The lowest BCUT2D eigenvalue weighted by atomic mass is 9.97. The summed E-state index contributed by atoms with van der Waals surface area (Å²) in [5, 5.41) is 11.9. The van der Waals surface area contributed by atoms with Crippen molar-refractivity contribution in [1.29, 1.82) is 0 Å². The van der Waals surface area contributed by atoms with E-state index in [-0.39, 0.29) is 55.9 Å². The van der Waals surface area contributed by atoms with E-state index >= 15 is 0 Å². The van der Waals surface area contributed by atoms with E-state index < -0.39 is 24.5 Å². The van der Waals surface area contributed by atoms with Crippen molar-refractivity contribution in [1.82, 2.24) is 10.2 Å². The number of carbonyl (C=O) groups excluding carboxylic acids is 1. The molecule has 1 aliphatic heterocycles. The average Bonchev–Trinajstić information content (AvgIpc) is 2.74. The van der Waals surface area contributed by atoms with E-state index in [1.54, 1.807) is 31.2 Å². The summed E-state index contributed by atoms with van der Waals surface area (Å²) in [7, 11) is 0. The molecule has 174 valence electrons. The molecule has 0 aromatic heterocycles. The quantitative estimate of drug-likeness (QED) is 0.608. The Morgan fingerprint density at radius 1 is 1.19 bits per heavy atom. The molecule has 0 saturated carbocycles. The molecule has 1 heterocycles. The number of hydrogen-bond acceptors (Lipinski definition) is 4. The van der Waals surface area contributed by atoms with E-state index in [2.05, 4.69) is 5.32 Å². The van der Waals surface area contributed by atoms with Crippen LogP contribution in [0.25, 0.3) is 0 Å². The van der Waals surface area contributed by atoms with Gasteiger partial charge in [-0.05, 0) is 43.2 Å². The lowest BCUT2D eigenvalue weighted by Gasteiger charge is -2.38. The van der Waals surface area contributed by atoms with Crippen LogP contribution in [-0.2, 0) is 4.79 Å². The topological polar surface area (TPSA) is 78.9 Å². The number of carbonyl (C=O) groups is 2. The number of hydrogen-bond donors (Lipinski definition) is 2. The Morgan fingerprint density at radius 3 is 2.47 bits per heavy atom. The van der Waals surface area contributed by atoms with Gasteiger partial charge in [-0.25, -0.2) is 13.6 Å². The van der Waals surface area contributed by atoms with Gasteiger partial charge in [0.25, 0.3) is 5.92 Å². The second-order valence-corrected chi connectivity index (χ2v) is 7.70. The Bertz CT molecular complexity index is 897. The number of aromatic carboxylic acids is 1. The van der Waals surface area contributed by atoms with Gasteiger partial charge in [0.2, 0.25) is 5.91 Å². The number of piperidine rings is 1. The molecule has 0 spiro atoms. The second kappa shape index (κ2) is 11.2. The number of para-hydroxylation sites is 1. The van der Waals surface area contributed by atoms with E-state index in [1.165, 1.54) is 17.0 Å². The lowest BCUT2D eigenvalue weighted by Crippen LogP contribution is -2.56. The van der Waals surface area contributed by atoms with Gasteiger partial charge in [0.1, 0.15) is 12.4 Å². The molecule has 2 atom stereocenters. The van der Waals surface area contributed by atoms with Crippen molar-refractivity contribution in [3.05, 3.63) is 65.7 Å². The molecule has 3 rings (SSSR count). The fourth-order valence-corrected chi connectivity index (χ4v) is 3.65. The van der Waals surface area contributed by atoms with Gasteiger partial charge in [-0.3, -0.25) is 9.69 Å². The molecule has 1 amide bonds. The van der Waals surface area contributed by atoms with Gasteiger partial charge < -0.3 is 15.2 Å². The largest absolute Gasteiger partial charge is 0.492 e. The first-order chi connectivity index (χ1) is 14.7. The highest BCUT2D eigenvalue weighted by Crippen LogP contribution is 2.30. The van der Waals surface area contributed by atoms with Gasteiger partial charge >= 0.3 is 5.97 Å². The van der Waals surface area contributed by atoms with Crippen molar-refractivity contribution < 1.29 is 28.2 Å². The van der Waals surface area contributed by atoms with Gasteiger partial charge in [0.05, 0.1) is 24.2 Å². The van der Waals surface area contributed by atoms with Crippen molar-refractivity contribution in [2.24, 2.45) is 0 Å². The van der Waals surface area contributed by atoms with Crippen molar-refractivity contribution >= 4 is 24.3 Å².